The number of anilines is 1. The lowest BCUT2D eigenvalue weighted by Gasteiger charge is -2.27. The molecule has 3 rings (SSSR count). The Labute approximate surface area is 195 Å². The number of hydrogen-bond donors (Lipinski definition) is 0. The fourth-order valence-corrected chi connectivity index (χ4v) is 4.73. The standard InChI is InChI=1S/C25H28N2O5S/c1-19-10-13-22(14-11-19)33(29,30)27(21-12-15-23(31-3)24(16-21)32-4)18-25(28)26(2)17-20-8-6-5-7-9-20/h5-16H,17-18H2,1-4H3. The molecule has 8 heteroatoms. The molecule has 174 valence electrons. The van der Waals surface area contributed by atoms with Crippen molar-refractivity contribution < 1.29 is 22.7 Å². The van der Waals surface area contributed by atoms with Crippen LogP contribution in [0.4, 0.5) is 5.69 Å². The molecule has 0 aromatic heterocycles. The number of nitrogens with zero attached hydrogens (tertiary/aromatic N) is 2. The van der Waals surface area contributed by atoms with Crippen LogP contribution in [-0.2, 0) is 21.4 Å². The smallest absolute Gasteiger partial charge is 0.264 e. The van der Waals surface area contributed by atoms with Crippen LogP contribution < -0.4 is 13.8 Å². The van der Waals surface area contributed by atoms with Crippen molar-refractivity contribution in [3.05, 3.63) is 83.9 Å². The SMILES string of the molecule is COc1ccc(N(CC(=O)N(C)Cc2ccccc2)S(=O)(=O)c2ccc(C)cc2)cc1OC. The molecule has 0 aliphatic rings. The molecule has 7 nitrogen and oxygen atoms in total. The van der Waals surface area contributed by atoms with Gasteiger partial charge in [-0.2, -0.15) is 0 Å². The number of amides is 1. The summed E-state index contributed by atoms with van der Waals surface area (Å²) < 4.78 is 38.9. The molecule has 3 aromatic rings. The molecule has 0 heterocycles. The predicted octanol–water partition coefficient (Wildman–Crippen LogP) is 3.87. The van der Waals surface area contributed by atoms with Gasteiger partial charge in [-0.25, -0.2) is 8.42 Å². The van der Waals surface area contributed by atoms with Crippen molar-refractivity contribution in [3.8, 4) is 11.5 Å². The third-order valence-electron chi connectivity index (χ3n) is 5.23. The van der Waals surface area contributed by atoms with Crippen molar-refractivity contribution in [2.75, 3.05) is 32.1 Å². The highest BCUT2D eigenvalue weighted by atomic mass is 32.2. The Kier molecular flexibility index (Phi) is 7.60. The van der Waals surface area contributed by atoms with Gasteiger partial charge in [0.2, 0.25) is 5.91 Å². The molecule has 3 aromatic carbocycles. The number of methoxy groups -OCH3 is 2. The monoisotopic (exact) mass is 468 g/mol. The first-order chi connectivity index (χ1) is 15.8. The number of likely N-dealkylation sites (N-methyl/N-ethyl adjacent to an activating group) is 1. The van der Waals surface area contributed by atoms with E-state index in [2.05, 4.69) is 0 Å². The van der Waals surface area contributed by atoms with E-state index in [-0.39, 0.29) is 17.3 Å². The fourth-order valence-electron chi connectivity index (χ4n) is 3.32. The number of ether oxygens (including phenoxy) is 2. The van der Waals surface area contributed by atoms with Crippen molar-refractivity contribution in [2.24, 2.45) is 0 Å². The molecule has 0 aliphatic heterocycles. The van der Waals surface area contributed by atoms with Crippen LogP contribution in [0.5, 0.6) is 11.5 Å². The van der Waals surface area contributed by atoms with Crippen molar-refractivity contribution in [3.63, 3.8) is 0 Å². The first kappa shape index (κ1) is 24.1. The molecular formula is C25H28N2O5S. The molecular weight excluding hydrogens is 440 g/mol. The van der Waals surface area contributed by atoms with Crippen LogP contribution in [0, 0.1) is 6.92 Å². The fraction of sp³-hybridized carbons (Fsp3) is 0.240. The molecule has 0 bridgehead atoms. The zero-order valence-corrected chi connectivity index (χ0v) is 20.0. The molecule has 0 saturated carbocycles. The van der Waals surface area contributed by atoms with Crippen molar-refractivity contribution in [1.82, 2.24) is 4.90 Å². The quantitative estimate of drug-likeness (QED) is 0.477. The lowest BCUT2D eigenvalue weighted by atomic mass is 10.2. The van der Waals surface area contributed by atoms with Crippen LogP contribution >= 0.6 is 0 Å². The predicted molar refractivity (Wildman–Crippen MR) is 128 cm³/mol. The molecule has 0 unspecified atom stereocenters. The van der Waals surface area contributed by atoms with Crippen LogP contribution in [0.15, 0.2) is 77.7 Å². The van der Waals surface area contributed by atoms with Gasteiger partial charge in [0.1, 0.15) is 6.54 Å². The molecule has 0 spiro atoms. The summed E-state index contributed by atoms with van der Waals surface area (Å²) >= 11 is 0. The molecule has 0 fully saturated rings. The third kappa shape index (κ3) is 5.64. The average Bonchev–Trinajstić information content (AvgIpc) is 2.82. The minimum absolute atomic E-state index is 0.0985. The van der Waals surface area contributed by atoms with Gasteiger partial charge in [-0.05, 0) is 36.8 Å². The Balaban J connectivity index is 1.98. The summed E-state index contributed by atoms with van der Waals surface area (Å²) in [6.45, 7) is 1.88. The van der Waals surface area contributed by atoms with Gasteiger partial charge in [-0.15, -0.1) is 0 Å². The molecule has 0 saturated heterocycles. The van der Waals surface area contributed by atoms with Gasteiger partial charge in [0.15, 0.2) is 11.5 Å². The van der Waals surface area contributed by atoms with Crippen LogP contribution in [-0.4, -0.2) is 47.0 Å². The normalized spacial score (nSPS) is 11.0. The van der Waals surface area contributed by atoms with Gasteiger partial charge in [-0.1, -0.05) is 48.0 Å². The van der Waals surface area contributed by atoms with Crippen LogP contribution in [0.3, 0.4) is 0 Å². The summed E-state index contributed by atoms with van der Waals surface area (Å²) in [5, 5.41) is 0. The Morgan fingerprint density at radius 3 is 2.12 bits per heavy atom. The Morgan fingerprint density at radius 1 is 0.879 bits per heavy atom. The van der Waals surface area contributed by atoms with E-state index < -0.39 is 10.0 Å². The van der Waals surface area contributed by atoms with Gasteiger partial charge in [0.25, 0.3) is 10.0 Å². The van der Waals surface area contributed by atoms with Crippen molar-refractivity contribution in [2.45, 2.75) is 18.4 Å². The minimum Gasteiger partial charge on any atom is -0.493 e. The zero-order chi connectivity index (χ0) is 24.0. The second-order valence-corrected chi connectivity index (χ2v) is 9.46. The van der Waals surface area contributed by atoms with E-state index in [9.17, 15) is 13.2 Å². The summed E-state index contributed by atoms with van der Waals surface area (Å²) in [4.78, 5) is 14.7. The highest BCUT2D eigenvalue weighted by molar-refractivity contribution is 7.92. The van der Waals surface area contributed by atoms with Gasteiger partial charge in [0.05, 0.1) is 24.8 Å². The zero-order valence-electron chi connectivity index (χ0n) is 19.2. The molecule has 1 amide bonds. The van der Waals surface area contributed by atoms with Crippen LogP contribution in [0.2, 0.25) is 0 Å². The number of rotatable bonds is 9. The van der Waals surface area contributed by atoms with E-state index >= 15 is 0 Å². The Morgan fingerprint density at radius 2 is 1.52 bits per heavy atom. The van der Waals surface area contributed by atoms with Crippen molar-refractivity contribution in [1.29, 1.82) is 0 Å². The number of hydrogen-bond acceptors (Lipinski definition) is 5. The topological polar surface area (TPSA) is 76.2 Å². The number of sulfonamides is 1. The second kappa shape index (κ2) is 10.4. The van der Waals surface area contributed by atoms with Gasteiger partial charge >= 0.3 is 0 Å². The maximum Gasteiger partial charge on any atom is 0.264 e. The first-order valence-electron chi connectivity index (χ1n) is 10.4. The van der Waals surface area contributed by atoms with E-state index in [1.165, 1.54) is 31.3 Å². The second-order valence-electron chi connectivity index (χ2n) is 7.60. The number of aryl methyl sites for hydroxylation is 1. The summed E-state index contributed by atoms with van der Waals surface area (Å²) in [7, 11) is 0.598. The highest BCUT2D eigenvalue weighted by Crippen LogP contribution is 2.34. The highest BCUT2D eigenvalue weighted by Gasteiger charge is 2.29. The Hall–Kier alpha value is -3.52. The van der Waals surface area contributed by atoms with Gasteiger partial charge in [-0.3, -0.25) is 9.10 Å². The number of carbonyl (C=O) groups excluding carboxylic acids is 1. The van der Waals surface area contributed by atoms with Gasteiger partial charge in [0, 0.05) is 19.7 Å². The first-order valence-corrected chi connectivity index (χ1v) is 11.8. The third-order valence-corrected chi connectivity index (χ3v) is 7.02. The van der Waals surface area contributed by atoms with E-state index in [0.717, 1.165) is 15.4 Å². The van der Waals surface area contributed by atoms with Gasteiger partial charge < -0.3 is 14.4 Å². The largest absolute Gasteiger partial charge is 0.493 e. The summed E-state index contributed by atoms with van der Waals surface area (Å²) in [6.07, 6.45) is 0. The summed E-state index contributed by atoms with van der Waals surface area (Å²) in [6, 6.07) is 20.8. The molecule has 0 N–H and O–H groups in total. The maximum atomic E-state index is 13.6. The van der Waals surface area contributed by atoms with Crippen molar-refractivity contribution >= 4 is 21.6 Å². The minimum atomic E-state index is -4.03. The molecule has 0 atom stereocenters. The van der Waals surface area contributed by atoms with E-state index in [4.69, 9.17) is 9.47 Å². The Bertz CT molecular complexity index is 1200. The summed E-state index contributed by atoms with van der Waals surface area (Å²) in [5.74, 6) is 0.481. The lowest BCUT2D eigenvalue weighted by Crippen LogP contribution is -2.41. The average molecular weight is 469 g/mol. The maximum absolute atomic E-state index is 13.6. The van der Waals surface area contributed by atoms with E-state index in [1.807, 2.05) is 37.3 Å². The number of benzene rings is 3. The summed E-state index contributed by atoms with van der Waals surface area (Å²) in [5.41, 5.74) is 2.19. The van der Waals surface area contributed by atoms with Crippen LogP contribution in [0.1, 0.15) is 11.1 Å². The van der Waals surface area contributed by atoms with E-state index in [0.29, 0.717) is 23.7 Å². The molecule has 0 radical (unpaired) electrons. The molecule has 33 heavy (non-hydrogen) atoms. The van der Waals surface area contributed by atoms with Crippen LogP contribution in [0.25, 0.3) is 0 Å². The lowest BCUT2D eigenvalue weighted by molar-refractivity contribution is -0.128. The van der Waals surface area contributed by atoms with E-state index in [1.54, 1.807) is 37.4 Å². The number of carbonyl (C=O) groups is 1. The molecule has 0 aliphatic carbocycles.